The quantitative estimate of drug-likeness (QED) is 0.520. The van der Waals surface area contributed by atoms with Crippen molar-refractivity contribution >= 4 is 5.91 Å². The van der Waals surface area contributed by atoms with Crippen LogP contribution in [0.3, 0.4) is 0 Å². The third kappa shape index (κ3) is 3.56. The van der Waals surface area contributed by atoms with E-state index in [1.807, 2.05) is 26.8 Å². The highest BCUT2D eigenvalue weighted by Gasteiger charge is 2.42. The van der Waals surface area contributed by atoms with Gasteiger partial charge in [-0.1, -0.05) is 12.1 Å². The number of aromatic nitrogens is 2. The molecule has 0 bridgehead atoms. The molecule has 1 amide bonds. The van der Waals surface area contributed by atoms with Gasteiger partial charge in [-0.2, -0.15) is 5.10 Å². The van der Waals surface area contributed by atoms with Gasteiger partial charge in [0.2, 0.25) is 0 Å². The Balaban J connectivity index is 1.91. The van der Waals surface area contributed by atoms with Crippen molar-refractivity contribution in [2.24, 2.45) is 0 Å². The maximum atomic E-state index is 13.3. The summed E-state index contributed by atoms with van der Waals surface area (Å²) in [6.45, 7) is 6.78. The normalized spacial score (nSPS) is 15.3. The summed E-state index contributed by atoms with van der Waals surface area (Å²) in [6, 6.07) is 8.24. The summed E-state index contributed by atoms with van der Waals surface area (Å²) >= 11 is 0. The molecule has 2 heterocycles. The number of aryl methyl sites for hydroxylation is 2. The molecule has 8 nitrogen and oxygen atoms in total. The Morgan fingerprint density at radius 2 is 1.94 bits per heavy atom. The van der Waals surface area contributed by atoms with Gasteiger partial charge in [0.1, 0.15) is 17.1 Å². The van der Waals surface area contributed by atoms with Crippen molar-refractivity contribution in [2.45, 2.75) is 26.8 Å². The lowest BCUT2D eigenvalue weighted by Gasteiger charge is -2.26. The van der Waals surface area contributed by atoms with Crippen LogP contribution in [0.15, 0.2) is 30.3 Å². The Labute approximate surface area is 186 Å². The molecular weight excluding hydrogens is 410 g/mol. The maximum absolute atomic E-state index is 13.3. The number of phenols is 2. The molecule has 168 valence electrons. The highest BCUT2D eigenvalue weighted by molar-refractivity contribution is 6.00. The average Bonchev–Trinajstić information content (AvgIpc) is 3.27. The molecule has 1 atom stereocenters. The van der Waals surface area contributed by atoms with E-state index in [0.29, 0.717) is 48.0 Å². The number of benzene rings is 2. The van der Waals surface area contributed by atoms with Crippen molar-refractivity contribution < 1.29 is 24.5 Å². The van der Waals surface area contributed by atoms with E-state index in [-0.39, 0.29) is 17.4 Å². The number of phenolic OH excluding ortho intramolecular Hbond substituents is 2. The average molecular weight is 437 g/mol. The van der Waals surface area contributed by atoms with Crippen LogP contribution < -0.4 is 4.74 Å². The first kappa shape index (κ1) is 21.7. The van der Waals surface area contributed by atoms with Gasteiger partial charge in [-0.15, -0.1) is 0 Å². The van der Waals surface area contributed by atoms with Gasteiger partial charge in [0.25, 0.3) is 5.91 Å². The monoisotopic (exact) mass is 437 g/mol. The largest absolute Gasteiger partial charge is 0.507 e. The number of methoxy groups -OCH3 is 1. The molecular formula is C24H27N3O5. The Kier molecular flexibility index (Phi) is 5.80. The molecule has 4 rings (SSSR count). The molecule has 1 aromatic heterocycles. The molecule has 8 heteroatoms. The number of hydrogen-bond donors (Lipinski definition) is 3. The van der Waals surface area contributed by atoms with E-state index in [1.54, 1.807) is 36.3 Å². The van der Waals surface area contributed by atoms with Gasteiger partial charge < -0.3 is 24.6 Å². The van der Waals surface area contributed by atoms with Crippen LogP contribution in [0.1, 0.15) is 45.7 Å². The van der Waals surface area contributed by atoms with Gasteiger partial charge in [-0.05, 0) is 55.7 Å². The van der Waals surface area contributed by atoms with Crippen molar-refractivity contribution in [3.05, 3.63) is 58.3 Å². The van der Waals surface area contributed by atoms with Gasteiger partial charge in [0.05, 0.1) is 19.3 Å². The molecule has 0 saturated carbocycles. The van der Waals surface area contributed by atoms with E-state index >= 15 is 0 Å². The van der Waals surface area contributed by atoms with E-state index in [1.165, 1.54) is 0 Å². The Bertz CT molecular complexity index is 1150. The summed E-state index contributed by atoms with van der Waals surface area (Å²) in [6.07, 6.45) is 0. The summed E-state index contributed by atoms with van der Waals surface area (Å²) in [7, 11) is 1.59. The van der Waals surface area contributed by atoms with Crippen LogP contribution in [0.2, 0.25) is 0 Å². The van der Waals surface area contributed by atoms with Crippen LogP contribution in [-0.4, -0.2) is 58.1 Å². The van der Waals surface area contributed by atoms with Crippen molar-refractivity contribution in [1.29, 1.82) is 0 Å². The molecule has 32 heavy (non-hydrogen) atoms. The predicted molar refractivity (Wildman–Crippen MR) is 119 cm³/mol. The summed E-state index contributed by atoms with van der Waals surface area (Å²) in [4.78, 5) is 15.0. The topological polar surface area (TPSA) is 108 Å². The molecule has 3 N–H and O–H groups in total. The number of ether oxygens (including phenoxy) is 2. The molecule has 0 spiro atoms. The minimum atomic E-state index is -0.485. The minimum Gasteiger partial charge on any atom is -0.507 e. The highest BCUT2D eigenvalue weighted by Crippen LogP contribution is 2.46. The van der Waals surface area contributed by atoms with Crippen molar-refractivity contribution in [2.75, 3.05) is 26.9 Å². The Morgan fingerprint density at radius 3 is 2.62 bits per heavy atom. The number of rotatable bonds is 7. The smallest absolute Gasteiger partial charge is 0.273 e. The first-order valence-electron chi connectivity index (χ1n) is 10.5. The van der Waals surface area contributed by atoms with Gasteiger partial charge in [-0.25, -0.2) is 0 Å². The molecule has 3 aromatic rings. The number of amides is 1. The minimum absolute atomic E-state index is 0.0306. The Hall–Kier alpha value is -3.52. The number of hydrogen-bond acceptors (Lipinski definition) is 6. The molecule has 0 aliphatic carbocycles. The number of nitrogens with zero attached hydrogens (tertiary/aromatic N) is 2. The van der Waals surface area contributed by atoms with Crippen molar-refractivity contribution in [3.63, 3.8) is 0 Å². The number of aromatic amines is 1. The van der Waals surface area contributed by atoms with Crippen LogP contribution in [-0.2, 0) is 4.74 Å². The molecule has 0 radical (unpaired) electrons. The summed E-state index contributed by atoms with van der Waals surface area (Å²) in [5, 5.41) is 28.2. The van der Waals surface area contributed by atoms with E-state index in [2.05, 4.69) is 10.2 Å². The zero-order chi connectivity index (χ0) is 23.0. The fourth-order valence-corrected chi connectivity index (χ4v) is 4.38. The molecule has 0 fully saturated rings. The standard InChI is InChI=1S/C24H27N3O5/c1-5-32-18-12-15(6-7-16(18)28)23-20-21(19-14(3)10-13(2)11-17(19)29)25-26-22(20)24(30)27(23)8-9-31-4/h6-7,10-12,23,28-29H,5,8-9H2,1-4H3,(H,25,26). The van der Waals surface area contributed by atoms with Gasteiger partial charge >= 0.3 is 0 Å². The third-order valence-electron chi connectivity index (χ3n) is 5.70. The lowest BCUT2D eigenvalue weighted by Crippen LogP contribution is -2.32. The molecule has 1 aliphatic rings. The van der Waals surface area contributed by atoms with E-state index in [4.69, 9.17) is 9.47 Å². The van der Waals surface area contributed by atoms with Crippen LogP contribution in [0.5, 0.6) is 17.2 Å². The van der Waals surface area contributed by atoms with Crippen LogP contribution >= 0.6 is 0 Å². The number of fused-ring (bicyclic) bond motifs is 1. The summed E-state index contributed by atoms with van der Waals surface area (Å²) < 4.78 is 10.8. The zero-order valence-corrected chi connectivity index (χ0v) is 18.6. The molecule has 1 unspecified atom stereocenters. The molecule has 2 aromatic carbocycles. The molecule has 0 saturated heterocycles. The van der Waals surface area contributed by atoms with Crippen molar-refractivity contribution in [3.8, 4) is 28.5 Å². The fraction of sp³-hybridized carbons (Fsp3) is 0.333. The number of carbonyl (C=O) groups excluding carboxylic acids is 1. The Morgan fingerprint density at radius 1 is 1.16 bits per heavy atom. The van der Waals surface area contributed by atoms with Crippen LogP contribution in [0, 0.1) is 13.8 Å². The summed E-state index contributed by atoms with van der Waals surface area (Å²) in [5.41, 5.74) is 4.74. The fourth-order valence-electron chi connectivity index (χ4n) is 4.38. The van der Waals surface area contributed by atoms with Crippen LogP contribution in [0.25, 0.3) is 11.3 Å². The number of H-pyrrole nitrogens is 1. The van der Waals surface area contributed by atoms with Crippen molar-refractivity contribution in [1.82, 2.24) is 15.1 Å². The van der Waals surface area contributed by atoms with Gasteiger partial charge in [0.15, 0.2) is 11.5 Å². The number of carbonyl (C=O) groups is 1. The second kappa shape index (κ2) is 8.55. The first-order valence-corrected chi connectivity index (χ1v) is 10.5. The lowest BCUT2D eigenvalue weighted by molar-refractivity contribution is 0.0677. The first-order chi connectivity index (χ1) is 15.4. The second-order valence-corrected chi connectivity index (χ2v) is 7.89. The lowest BCUT2D eigenvalue weighted by atomic mass is 9.93. The van der Waals surface area contributed by atoms with E-state index in [9.17, 15) is 15.0 Å². The molecule has 1 aliphatic heterocycles. The number of aromatic hydroxyl groups is 2. The van der Waals surface area contributed by atoms with Crippen LogP contribution in [0.4, 0.5) is 0 Å². The van der Waals surface area contributed by atoms with Gasteiger partial charge in [0, 0.05) is 24.8 Å². The maximum Gasteiger partial charge on any atom is 0.273 e. The predicted octanol–water partition coefficient (Wildman–Crippen LogP) is 3.70. The van der Waals surface area contributed by atoms with E-state index in [0.717, 1.165) is 16.7 Å². The summed E-state index contributed by atoms with van der Waals surface area (Å²) in [5.74, 6) is 0.287. The third-order valence-corrected chi connectivity index (χ3v) is 5.70. The zero-order valence-electron chi connectivity index (χ0n) is 18.6. The van der Waals surface area contributed by atoms with E-state index < -0.39 is 6.04 Å². The second-order valence-electron chi connectivity index (χ2n) is 7.89. The van der Waals surface area contributed by atoms with Gasteiger partial charge in [-0.3, -0.25) is 9.89 Å². The highest BCUT2D eigenvalue weighted by atomic mass is 16.5. The number of nitrogens with one attached hydrogen (secondary N) is 1. The SMILES string of the molecule is CCOc1cc(C2c3c(-c4c(C)cc(C)cc4O)n[nH]c3C(=O)N2CCOC)ccc1O.